The Labute approximate surface area is 196 Å². The molecule has 1 fully saturated rings. The molecular weight excluding hydrogens is 431 g/mol. The first-order chi connectivity index (χ1) is 15.8. The van der Waals surface area contributed by atoms with Gasteiger partial charge in [-0.3, -0.25) is 9.78 Å². The maximum atomic E-state index is 12.9. The topological polar surface area (TPSA) is 54.5 Å². The third-order valence-electron chi connectivity index (χ3n) is 5.57. The van der Waals surface area contributed by atoms with Crippen LogP contribution >= 0.6 is 0 Å². The van der Waals surface area contributed by atoms with Crippen LogP contribution in [0, 0.1) is 18.8 Å². The van der Waals surface area contributed by atoms with Crippen molar-refractivity contribution in [3.63, 3.8) is 0 Å². The van der Waals surface area contributed by atoms with Gasteiger partial charge in [0.1, 0.15) is 0 Å². The van der Waals surface area contributed by atoms with Gasteiger partial charge in [0.2, 0.25) is 5.91 Å². The minimum absolute atomic E-state index is 0.00845. The van der Waals surface area contributed by atoms with Crippen molar-refractivity contribution in [2.45, 2.75) is 78.1 Å². The molecule has 0 aliphatic carbocycles. The lowest BCUT2D eigenvalue weighted by atomic mass is 9.99. The highest BCUT2D eigenvalue weighted by molar-refractivity contribution is 5.78. The van der Waals surface area contributed by atoms with Gasteiger partial charge in [0.15, 0.2) is 0 Å². The normalized spacial score (nSPS) is 17.0. The first-order valence-electron chi connectivity index (χ1n) is 11.7. The van der Waals surface area contributed by atoms with E-state index in [4.69, 9.17) is 4.74 Å². The zero-order chi connectivity index (χ0) is 24.9. The zero-order valence-electron chi connectivity index (χ0n) is 20.1. The Balaban J connectivity index is 0.00000101. The number of hydrogen-bond acceptors (Lipinski definition) is 4. The molecule has 1 aromatic heterocycles. The number of hydrogen-bond donors (Lipinski definition) is 1. The van der Waals surface area contributed by atoms with Crippen molar-refractivity contribution in [3.8, 4) is 12.8 Å². The summed E-state index contributed by atoms with van der Waals surface area (Å²) in [7, 11) is 0. The van der Waals surface area contributed by atoms with Gasteiger partial charge >= 0.3 is 6.18 Å². The van der Waals surface area contributed by atoms with Crippen LogP contribution in [0.25, 0.3) is 0 Å². The first-order valence-corrected chi connectivity index (χ1v) is 11.7. The van der Waals surface area contributed by atoms with Gasteiger partial charge in [0, 0.05) is 56.6 Å². The number of nitrogens with zero attached hydrogens (tertiary/aromatic N) is 2. The lowest BCUT2D eigenvalue weighted by Gasteiger charge is -2.31. The Morgan fingerprint density at radius 2 is 1.94 bits per heavy atom. The van der Waals surface area contributed by atoms with E-state index in [9.17, 15) is 18.0 Å². The summed E-state index contributed by atoms with van der Waals surface area (Å²) in [5.41, 5.74) is 0.404. The number of amides is 1. The van der Waals surface area contributed by atoms with Crippen LogP contribution in [0.2, 0.25) is 0 Å². The van der Waals surface area contributed by atoms with Crippen LogP contribution in [0.4, 0.5) is 13.2 Å². The highest BCUT2D eigenvalue weighted by Crippen LogP contribution is 2.31. The molecule has 1 aromatic rings. The molecule has 186 valence electrons. The molecule has 1 amide bonds. The molecule has 0 bridgehead atoms. The lowest BCUT2D eigenvalue weighted by molar-refractivity contribution is -0.137. The van der Waals surface area contributed by atoms with E-state index in [0.29, 0.717) is 30.3 Å². The van der Waals surface area contributed by atoms with E-state index in [1.54, 1.807) is 4.90 Å². The Morgan fingerprint density at radius 3 is 2.55 bits per heavy atom. The van der Waals surface area contributed by atoms with Gasteiger partial charge in [-0.25, -0.2) is 0 Å². The van der Waals surface area contributed by atoms with Crippen LogP contribution in [0.3, 0.4) is 0 Å². The van der Waals surface area contributed by atoms with Crippen LogP contribution in [-0.4, -0.2) is 48.1 Å². The van der Waals surface area contributed by atoms with Crippen LogP contribution in [0.15, 0.2) is 12.3 Å². The van der Waals surface area contributed by atoms with E-state index in [1.165, 1.54) is 6.42 Å². The highest BCUT2D eigenvalue weighted by Gasteiger charge is 2.33. The Bertz CT molecular complexity index is 731. The SMILES string of the molecule is C#C.CCC.C[C@H](CCCNC1CCOCC1)C(=O)N1CCc2ncc(C(F)(F)F)cc2C1. The first kappa shape index (κ1) is 28.9. The molecule has 1 N–H and O–H groups in total. The molecular formula is C25H38F3N3O2. The average molecular weight is 470 g/mol. The van der Waals surface area contributed by atoms with Gasteiger partial charge in [-0.05, 0) is 43.9 Å². The second-order valence-corrected chi connectivity index (χ2v) is 8.43. The molecule has 5 nitrogen and oxygen atoms in total. The fourth-order valence-corrected chi connectivity index (χ4v) is 3.82. The minimum atomic E-state index is -4.42. The number of terminal acetylenes is 1. The fraction of sp³-hybridized carbons (Fsp3) is 0.680. The number of nitrogens with one attached hydrogen (secondary N) is 1. The number of alkyl halides is 3. The number of pyridine rings is 1. The van der Waals surface area contributed by atoms with Crippen LogP contribution in [0.5, 0.6) is 0 Å². The van der Waals surface area contributed by atoms with E-state index in [2.05, 4.69) is 37.0 Å². The van der Waals surface area contributed by atoms with Gasteiger partial charge in [0.05, 0.1) is 5.56 Å². The summed E-state index contributed by atoms with van der Waals surface area (Å²) in [6.45, 7) is 9.33. The average Bonchev–Trinajstić information content (AvgIpc) is 2.82. The van der Waals surface area contributed by atoms with Gasteiger partial charge in [-0.15, -0.1) is 12.8 Å². The second kappa shape index (κ2) is 14.9. The number of fused-ring (bicyclic) bond motifs is 1. The number of ether oxygens (including phenoxy) is 1. The standard InChI is InChI=1S/C20H28F3N3O2.C3H8.C2H2/c1-14(3-2-7-24-17-5-9-28-10-6-17)19(27)26-8-4-18-15(13-26)11-16(12-25-18)20(21,22)23;1-3-2;1-2/h11-12,14,17,24H,2-10,13H2,1H3;3H2,1-2H3;1-2H/t14-;;/m1../s1. The van der Waals surface area contributed by atoms with E-state index in [-0.39, 0.29) is 18.4 Å². The summed E-state index contributed by atoms with van der Waals surface area (Å²) in [6.07, 6.45) is 9.92. The smallest absolute Gasteiger partial charge is 0.381 e. The van der Waals surface area contributed by atoms with Crippen LogP contribution in [-0.2, 0) is 28.7 Å². The van der Waals surface area contributed by atoms with Crippen LogP contribution < -0.4 is 5.32 Å². The summed E-state index contributed by atoms with van der Waals surface area (Å²) in [6, 6.07) is 1.62. The molecule has 8 heteroatoms. The zero-order valence-corrected chi connectivity index (χ0v) is 20.1. The van der Waals surface area contributed by atoms with Crippen molar-refractivity contribution < 1.29 is 22.7 Å². The molecule has 3 rings (SSSR count). The Hall–Kier alpha value is -2.11. The molecule has 0 radical (unpaired) electrons. The fourth-order valence-electron chi connectivity index (χ4n) is 3.82. The van der Waals surface area contributed by atoms with Crippen LogP contribution in [0.1, 0.15) is 69.7 Å². The number of halogens is 3. The highest BCUT2D eigenvalue weighted by atomic mass is 19.4. The molecule has 0 spiro atoms. The molecule has 0 saturated carbocycles. The second-order valence-electron chi connectivity index (χ2n) is 8.43. The summed E-state index contributed by atoms with van der Waals surface area (Å²) in [5, 5.41) is 3.51. The summed E-state index contributed by atoms with van der Waals surface area (Å²) in [4.78, 5) is 18.4. The maximum Gasteiger partial charge on any atom is 0.417 e. The molecule has 1 atom stereocenters. The van der Waals surface area contributed by atoms with E-state index in [1.807, 2.05) is 6.92 Å². The van der Waals surface area contributed by atoms with Crippen molar-refractivity contribution in [3.05, 3.63) is 29.1 Å². The largest absolute Gasteiger partial charge is 0.417 e. The predicted molar refractivity (Wildman–Crippen MR) is 124 cm³/mol. The number of carbonyl (C=O) groups excluding carboxylic acids is 1. The van der Waals surface area contributed by atoms with Crippen molar-refractivity contribution >= 4 is 5.91 Å². The molecule has 0 unspecified atom stereocenters. The predicted octanol–water partition coefficient (Wildman–Crippen LogP) is 4.84. The minimum Gasteiger partial charge on any atom is -0.381 e. The van der Waals surface area contributed by atoms with Crippen molar-refractivity contribution in [1.82, 2.24) is 15.2 Å². The third kappa shape index (κ3) is 9.73. The third-order valence-corrected chi connectivity index (χ3v) is 5.57. The van der Waals surface area contributed by atoms with Gasteiger partial charge in [-0.2, -0.15) is 13.2 Å². The van der Waals surface area contributed by atoms with Crippen molar-refractivity contribution in [1.29, 1.82) is 0 Å². The molecule has 33 heavy (non-hydrogen) atoms. The molecule has 2 aliphatic heterocycles. The number of aromatic nitrogens is 1. The van der Waals surface area contributed by atoms with Gasteiger partial charge in [0.25, 0.3) is 0 Å². The van der Waals surface area contributed by atoms with Crippen molar-refractivity contribution in [2.24, 2.45) is 5.92 Å². The Kier molecular flexibility index (Phi) is 13.1. The lowest BCUT2D eigenvalue weighted by Crippen LogP contribution is -2.40. The summed E-state index contributed by atoms with van der Waals surface area (Å²) in [5.74, 6) is -0.133. The van der Waals surface area contributed by atoms with E-state index < -0.39 is 11.7 Å². The molecule has 0 aromatic carbocycles. The summed E-state index contributed by atoms with van der Waals surface area (Å²) < 4.78 is 44.1. The van der Waals surface area contributed by atoms with E-state index >= 15 is 0 Å². The molecule has 2 aliphatic rings. The number of carbonyl (C=O) groups is 1. The Morgan fingerprint density at radius 1 is 1.30 bits per heavy atom. The maximum absolute atomic E-state index is 12.9. The van der Waals surface area contributed by atoms with Gasteiger partial charge < -0.3 is 15.0 Å². The van der Waals surface area contributed by atoms with E-state index in [0.717, 1.165) is 57.7 Å². The molecule has 3 heterocycles. The summed E-state index contributed by atoms with van der Waals surface area (Å²) >= 11 is 0. The quantitative estimate of drug-likeness (QED) is 0.479. The monoisotopic (exact) mass is 469 g/mol. The molecule has 1 saturated heterocycles. The van der Waals surface area contributed by atoms with Gasteiger partial charge in [-0.1, -0.05) is 27.2 Å². The number of rotatable bonds is 6. The van der Waals surface area contributed by atoms with Crippen molar-refractivity contribution in [2.75, 3.05) is 26.3 Å².